The summed E-state index contributed by atoms with van der Waals surface area (Å²) >= 11 is 0. The summed E-state index contributed by atoms with van der Waals surface area (Å²) in [6.07, 6.45) is 2.06. The Morgan fingerprint density at radius 1 is 1.56 bits per heavy atom. The first-order valence-electron chi connectivity index (χ1n) is 8.26. The van der Waals surface area contributed by atoms with Crippen LogP contribution in [0.1, 0.15) is 23.7 Å². The molecule has 8 heteroatoms. The molecular formula is C17H21FN4O3. The average Bonchev–Trinajstić information content (AvgIpc) is 3.04. The summed E-state index contributed by atoms with van der Waals surface area (Å²) in [6, 6.07) is 1.53. The van der Waals surface area contributed by atoms with Crippen LogP contribution in [0.15, 0.2) is 17.1 Å². The van der Waals surface area contributed by atoms with E-state index in [1.165, 1.54) is 6.07 Å². The van der Waals surface area contributed by atoms with Gasteiger partial charge in [-0.05, 0) is 31.5 Å². The minimum atomic E-state index is -1.38. The molecule has 25 heavy (non-hydrogen) atoms. The van der Waals surface area contributed by atoms with Crippen molar-refractivity contribution in [3.05, 3.63) is 33.9 Å². The number of halogens is 1. The average molecular weight is 348 g/mol. The van der Waals surface area contributed by atoms with Gasteiger partial charge in [-0.2, -0.15) is 0 Å². The molecule has 2 heterocycles. The molecule has 0 bridgehead atoms. The number of aromatic nitrogens is 1. The summed E-state index contributed by atoms with van der Waals surface area (Å²) in [7, 11) is 0. The van der Waals surface area contributed by atoms with Gasteiger partial charge in [0.05, 0.1) is 22.3 Å². The van der Waals surface area contributed by atoms with Gasteiger partial charge in [0.1, 0.15) is 5.56 Å². The number of rotatable bonds is 5. The second kappa shape index (κ2) is 6.72. The predicted molar refractivity (Wildman–Crippen MR) is 94.8 cm³/mol. The molecule has 0 radical (unpaired) electrons. The van der Waals surface area contributed by atoms with Crippen LogP contribution in [0.5, 0.6) is 0 Å². The summed E-state index contributed by atoms with van der Waals surface area (Å²) in [5.41, 5.74) is 4.96. The first-order valence-corrected chi connectivity index (χ1v) is 8.26. The molecule has 1 fully saturated rings. The lowest BCUT2D eigenvalue weighted by atomic mass is 10.1. The van der Waals surface area contributed by atoms with Crippen molar-refractivity contribution in [2.45, 2.75) is 13.3 Å². The van der Waals surface area contributed by atoms with Crippen molar-refractivity contribution in [1.29, 1.82) is 0 Å². The number of anilines is 2. The predicted octanol–water partition coefficient (Wildman–Crippen LogP) is 1.38. The molecule has 1 aliphatic heterocycles. The summed E-state index contributed by atoms with van der Waals surface area (Å²) < 4.78 is 14.8. The van der Waals surface area contributed by atoms with Crippen LogP contribution in [0.25, 0.3) is 10.9 Å². The fourth-order valence-corrected chi connectivity index (χ4v) is 3.33. The molecule has 1 unspecified atom stereocenters. The largest absolute Gasteiger partial charge is 0.477 e. The number of hydrogen-bond acceptors (Lipinski definition) is 5. The van der Waals surface area contributed by atoms with Gasteiger partial charge in [0.2, 0.25) is 5.43 Å². The molecule has 0 saturated carbocycles. The molecule has 0 amide bonds. The van der Waals surface area contributed by atoms with Gasteiger partial charge < -0.3 is 26.0 Å². The molecule has 5 N–H and O–H groups in total. The molecule has 1 aromatic carbocycles. The maximum atomic E-state index is 14.8. The van der Waals surface area contributed by atoms with E-state index in [1.807, 2.05) is 11.8 Å². The number of nitrogens with zero attached hydrogens (tertiary/aromatic N) is 1. The highest BCUT2D eigenvalue weighted by molar-refractivity contribution is 5.98. The van der Waals surface area contributed by atoms with Crippen molar-refractivity contribution in [3.63, 3.8) is 0 Å². The number of benzene rings is 1. The van der Waals surface area contributed by atoms with E-state index in [0.29, 0.717) is 30.2 Å². The number of pyridine rings is 1. The quantitative estimate of drug-likeness (QED) is 0.608. The Morgan fingerprint density at radius 3 is 3.00 bits per heavy atom. The number of aromatic amines is 1. The van der Waals surface area contributed by atoms with E-state index >= 15 is 0 Å². The number of nitrogens with one attached hydrogen (secondary N) is 2. The summed E-state index contributed by atoms with van der Waals surface area (Å²) in [6.45, 7) is 5.21. The van der Waals surface area contributed by atoms with Gasteiger partial charge in [-0.3, -0.25) is 4.79 Å². The fraction of sp³-hybridized carbons (Fsp3) is 0.412. The van der Waals surface area contributed by atoms with E-state index in [-0.39, 0.29) is 11.1 Å². The van der Waals surface area contributed by atoms with Gasteiger partial charge in [0.25, 0.3) is 0 Å². The zero-order valence-corrected chi connectivity index (χ0v) is 13.9. The zero-order valence-electron chi connectivity index (χ0n) is 13.9. The van der Waals surface area contributed by atoms with Crippen LogP contribution in [0, 0.1) is 11.7 Å². The van der Waals surface area contributed by atoms with Crippen LogP contribution in [-0.2, 0) is 0 Å². The van der Waals surface area contributed by atoms with Gasteiger partial charge in [-0.15, -0.1) is 0 Å². The Hall–Kier alpha value is -2.61. The van der Waals surface area contributed by atoms with Crippen molar-refractivity contribution in [3.8, 4) is 0 Å². The van der Waals surface area contributed by atoms with Crippen molar-refractivity contribution in [2.24, 2.45) is 5.92 Å². The summed E-state index contributed by atoms with van der Waals surface area (Å²) in [4.78, 5) is 28.0. The molecule has 1 aliphatic rings. The fourth-order valence-electron chi connectivity index (χ4n) is 3.33. The third-order valence-corrected chi connectivity index (χ3v) is 4.66. The third-order valence-electron chi connectivity index (χ3n) is 4.66. The highest BCUT2D eigenvalue weighted by Crippen LogP contribution is 2.33. The zero-order chi connectivity index (χ0) is 18.1. The highest BCUT2D eigenvalue weighted by Gasteiger charge is 2.27. The lowest BCUT2D eigenvalue weighted by Crippen LogP contribution is -2.27. The Labute approximate surface area is 143 Å². The van der Waals surface area contributed by atoms with Crippen LogP contribution in [0.2, 0.25) is 0 Å². The highest BCUT2D eigenvalue weighted by atomic mass is 19.1. The number of hydrogen-bond donors (Lipinski definition) is 4. The first kappa shape index (κ1) is 17.2. The number of aromatic carboxylic acids is 1. The second-order valence-corrected chi connectivity index (χ2v) is 6.29. The molecule has 2 aromatic rings. The Morgan fingerprint density at radius 2 is 2.32 bits per heavy atom. The molecule has 134 valence electrons. The van der Waals surface area contributed by atoms with Crippen LogP contribution in [0.3, 0.4) is 0 Å². The van der Waals surface area contributed by atoms with Crippen molar-refractivity contribution in [2.75, 3.05) is 36.8 Å². The molecule has 0 aliphatic carbocycles. The van der Waals surface area contributed by atoms with E-state index in [2.05, 4.69) is 10.3 Å². The van der Waals surface area contributed by atoms with Gasteiger partial charge in [0, 0.05) is 19.3 Å². The third kappa shape index (κ3) is 3.05. The van der Waals surface area contributed by atoms with Gasteiger partial charge in [-0.25, -0.2) is 9.18 Å². The van der Waals surface area contributed by atoms with E-state index in [9.17, 15) is 14.0 Å². The molecule has 1 atom stereocenters. The minimum absolute atomic E-state index is 0.121. The number of carboxylic acids is 1. The van der Waals surface area contributed by atoms with Gasteiger partial charge >= 0.3 is 5.97 Å². The van der Waals surface area contributed by atoms with Crippen molar-refractivity contribution >= 4 is 28.2 Å². The number of fused-ring (bicyclic) bond motifs is 1. The van der Waals surface area contributed by atoms with Crippen LogP contribution in [0.4, 0.5) is 15.8 Å². The standard InChI is InChI=1S/C17H21FN4O3/c1-2-20-6-9-3-4-22(8-9)12-5-11-13(15(19)14(12)18)16(23)10(7-21-11)17(24)25/h5,7,9,20H,2-4,6,8,19H2,1H3,(H,21,23)(H,24,25). The maximum absolute atomic E-state index is 14.8. The van der Waals surface area contributed by atoms with E-state index in [1.54, 1.807) is 0 Å². The monoisotopic (exact) mass is 348 g/mol. The van der Waals surface area contributed by atoms with Gasteiger partial charge in [-0.1, -0.05) is 6.92 Å². The SMILES string of the molecule is CCNCC1CCN(c2cc3[nH]cc(C(=O)O)c(=O)c3c(N)c2F)C1. The van der Waals surface area contributed by atoms with Crippen LogP contribution in [-0.4, -0.2) is 42.2 Å². The normalized spacial score (nSPS) is 17.4. The second-order valence-electron chi connectivity index (χ2n) is 6.29. The van der Waals surface area contributed by atoms with Gasteiger partial charge in [0.15, 0.2) is 5.82 Å². The topological polar surface area (TPSA) is 111 Å². The van der Waals surface area contributed by atoms with Crippen molar-refractivity contribution < 1.29 is 14.3 Å². The molecular weight excluding hydrogens is 327 g/mol. The summed E-state index contributed by atoms with van der Waals surface area (Å²) in [5, 5.41) is 12.2. The lowest BCUT2D eigenvalue weighted by molar-refractivity contribution is 0.0695. The molecule has 0 spiro atoms. The van der Waals surface area contributed by atoms with E-state index in [4.69, 9.17) is 10.8 Å². The smallest absolute Gasteiger partial charge is 0.341 e. The minimum Gasteiger partial charge on any atom is -0.477 e. The van der Waals surface area contributed by atoms with Crippen LogP contribution < -0.4 is 21.4 Å². The van der Waals surface area contributed by atoms with E-state index in [0.717, 1.165) is 25.7 Å². The number of nitrogens with two attached hydrogens (primary N) is 1. The first-order chi connectivity index (χ1) is 11.9. The Balaban J connectivity index is 2.02. The Bertz CT molecular complexity index is 880. The number of carbonyl (C=O) groups is 1. The Kier molecular flexibility index (Phi) is 4.63. The number of carboxylic acid groups (broad SMARTS) is 1. The number of H-pyrrole nitrogens is 1. The van der Waals surface area contributed by atoms with Crippen molar-refractivity contribution in [1.82, 2.24) is 10.3 Å². The molecule has 1 saturated heterocycles. The number of nitrogen functional groups attached to an aromatic ring is 1. The molecule has 3 rings (SSSR count). The lowest BCUT2D eigenvalue weighted by Gasteiger charge is -2.21. The van der Waals surface area contributed by atoms with E-state index < -0.39 is 22.8 Å². The molecule has 7 nitrogen and oxygen atoms in total. The molecule has 1 aromatic heterocycles. The summed E-state index contributed by atoms with van der Waals surface area (Å²) in [5.74, 6) is -1.63. The van der Waals surface area contributed by atoms with Crippen LogP contribution >= 0.6 is 0 Å². The maximum Gasteiger partial charge on any atom is 0.341 e.